The van der Waals surface area contributed by atoms with Crippen molar-refractivity contribution in [1.29, 1.82) is 0 Å². The number of aliphatic hydroxyl groups excluding tert-OH is 1. The first-order valence-electron chi connectivity index (χ1n) is 12.1. The van der Waals surface area contributed by atoms with E-state index in [1.807, 2.05) is 48.5 Å². The van der Waals surface area contributed by atoms with Crippen LogP contribution in [0.3, 0.4) is 0 Å². The van der Waals surface area contributed by atoms with Crippen LogP contribution in [0.15, 0.2) is 85.1 Å². The summed E-state index contributed by atoms with van der Waals surface area (Å²) in [4.78, 5) is 18.3. The summed E-state index contributed by atoms with van der Waals surface area (Å²) in [6.07, 6.45) is 3.20. The molecule has 0 bridgehead atoms. The number of piperidine rings is 1. The minimum absolute atomic E-state index is 0.153. The zero-order chi connectivity index (χ0) is 26.3. The third-order valence-electron chi connectivity index (χ3n) is 6.45. The number of carbonyl (C=O) groups excluding carboxylic acids is 1. The van der Waals surface area contributed by atoms with Gasteiger partial charge in [-0.15, -0.1) is 0 Å². The number of rotatable bonds is 5. The molecule has 4 N–H and O–H groups in total. The SMILES string of the molecule is O=C(c1ccc(NCO)c(F)c1)N1CCC(O)(Cc2ccccc2)CC1.Oc1cccc2cccnc12. The molecule has 0 atom stereocenters. The van der Waals surface area contributed by atoms with E-state index in [-0.39, 0.29) is 29.6 Å². The second-order valence-electron chi connectivity index (χ2n) is 9.06. The second kappa shape index (κ2) is 11.8. The number of fused-ring (bicyclic) bond motifs is 1. The number of amides is 1. The Hall–Kier alpha value is -4.01. The van der Waals surface area contributed by atoms with E-state index in [0.29, 0.717) is 37.9 Å². The van der Waals surface area contributed by atoms with Crippen LogP contribution >= 0.6 is 0 Å². The lowest BCUT2D eigenvalue weighted by Crippen LogP contribution is -2.47. The number of hydrogen-bond donors (Lipinski definition) is 4. The second-order valence-corrected chi connectivity index (χ2v) is 9.06. The van der Waals surface area contributed by atoms with Crippen molar-refractivity contribution < 1.29 is 24.5 Å². The molecule has 5 rings (SSSR count). The molecule has 192 valence electrons. The predicted octanol–water partition coefficient (Wildman–Crippen LogP) is 4.34. The molecule has 4 aromatic rings. The third kappa shape index (κ3) is 6.61. The highest BCUT2D eigenvalue weighted by molar-refractivity contribution is 5.94. The van der Waals surface area contributed by atoms with Crippen LogP contribution in [0.4, 0.5) is 10.1 Å². The van der Waals surface area contributed by atoms with E-state index in [1.165, 1.54) is 18.2 Å². The van der Waals surface area contributed by atoms with Gasteiger partial charge in [0.1, 0.15) is 23.8 Å². The first-order chi connectivity index (χ1) is 17.9. The smallest absolute Gasteiger partial charge is 0.253 e. The number of para-hydroxylation sites is 1. The van der Waals surface area contributed by atoms with E-state index in [4.69, 9.17) is 5.11 Å². The lowest BCUT2D eigenvalue weighted by molar-refractivity contribution is -0.0162. The Morgan fingerprint density at radius 2 is 1.73 bits per heavy atom. The highest BCUT2D eigenvalue weighted by Gasteiger charge is 2.34. The summed E-state index contributed by atoms with van der Waals surface area (Å²) in [5.74, 6) is -0.591. The topological polar surface area (TPSA) is 106 Å². The van der Waals surface area contributed by atoms with Crippen molar-refractivity contribution in [2.75, 3.05) is 25.1 Å². The fourth-order valence-corrected chi connectivity index (χ4v) is 4.43. The van der Waals surface area contributed by atoms with Crippen LogP contribution in [0.5, 0.6) is 5.75 Å². The Morgan fingerprint density at radius 1 is 1.00 bits per heavy atom. The molecule has 37 heavy (non-hydrogen) atoms. The molecular weight excluding hydrogens is 473 g/mol. The maximum atomic E-state index is 13.9. The van der Waals surface area contributed by atoms with Crippen LogP contribution in [0.1, 0.15) is 28.8 Å². The number of aliphatic hydroxyl groups is 2. The monoisotopic (exact) mass is 503 g/mol. The summed E-state index contributed by atoms with van der Waals surface area (Å²) in [5, 5.41) is 32.4. The van der Waals surface area contributed by atoms with Crippen molar-refractivity contribution in [3.8, 4) is 5.75 Å². The fourth-order valence-electron chi connectivity index (χ4n) is 4.43. The number of aromatic hydroxyl groups is 1. The van der Waals surface area contributed by atoms with Crippen molar-refractivity contribution in [2.24, 2.45) is 0 Å². The largest absolute Gasteiger partial charge is 0.506 e. The highest BCUT2D eigenvalue weighted by Crippen LogP contribution is 2.28. The van der Waals surface area contributed by atoms with Gasteiger partial charge in [-0.1, -0.05) is 48.5 Å². The van der Waals surface area contributed by atoms with Crippen LogP contribution in [0.2, 0.25) is 0 Å². The molecule has 1 saturated heterocycles. The molecule has 2 heterocycles. The first kappa shape index (κ1) is 26.1. The van der Waals surface area contributed by atoms with Gasteiger partial charge in [-0.05, 0) is 48.7 Å². The molecule has 0 aliphatic carbocycles. The molecule has 1 aliphatic heterocycles. The summed E-state index contributed by atoms with van der Waals surface area (Å²) in [6, 6.07) is 23.1. The summed E-state index contributed by atoms with van der Waals surface area (Å²) >= 11 is 0. The normalized spacial score (nSPS) is 14.5. The number of nitrogens with one attached hydrogen (secondary N) is 1. The van der Waals surface area contributed by atoms with Gasteiger partial charge in [0.15, 0.2) is 0 Å². The number of aromatic nitrogens is 1. The van der Waals surface area contributed by atoms with E-state index in [0.717, 1.165) is 10.9 Å². The Balaban J connectivity index is 0.000000241. The van der Waals surface area contributed by atoms with Gasteiger partial charge in [-0.2, -0.15) is 0 Å². The maximum Gasteiger partial charge on any atom is 0.253 e. The van der Waals surface area contributed by atoms with Gasteiger partial charge in [0.2, 0.25) is 0 Å². The molecule has 1 aromatic heterocycles. The number of anilines is 1. The van der Waals surface area contributed by atoms with Gasteiger partial charge in [-0.3, -0.25) is 9.78 Å². The average molecular weight is 504 g/mol. The van der Waals surface area contributed by atoms with Crippen LogP contribution in [-0.4, -0.2) is 56.5 Å². The Labute approximate surface area is 214 Å². The Morgan fingerprint density at radius 3 is 2.41 bits per heavy atom. The first-order valence-corrected chi connectivity index (χ1v) is 12.1. The molecule has 0 unspecified atom stereocenters. The number of carbonyl (C=O) groups is 1. The quantitative estimate of drug-likeness (QED) is 0.302. The van der Waals surface area contributed by atoms with Crippen molar-refractivity contribution in [3.05, 3.63) is 102 Å². The third-order valence-corrected chi connectivity index (χ3v) is 6.45. The molecule has 0 spiro atoms. The van der Waals surface area contributed by atoms with E-state index < -0.39 is 11.4 Å². The van der Waals surface area contributed by atoms with Crippen molar-refractivity contribution in [3.63, 3.8) is 0 Å². The summed E-state index contributed by atoms with van der Waals surface area (Å²) in [6.45, 7) is 0.483. The zero-order valence-corrected chi connectivity index (χ0v) is 20.3. The van der Waals surface area contributed by atoms with Gasteiger partial charge in [0.05, 0.1) is 11.3 Å². The molecular formula is C29H30FN3O4. The Kier molecular flexibility index (Phi) is 8.32. The van der Waals surface area contributed by atoms with E-state index in [2.05, 4.69) is 10.3 Å². The molecule has 8 heteroatoms. The Bertz CT molecular complexity index is 1340. The zero-order valence-electron chi connectivity index (χ0n) is 20.3. The van der Waals surface area contributed by atoms with Crippen molar-refractivity contribution in [2.45, 2.75) is 24.9 Å². The number of pyridine rings is 1. The van der Waals surface area contributed by atoms with Crippen molar-refractivity contribution >= 4 is 22.5 Å². The molecule has 3 aromatic carbocycles. The molecule has 1 aliphatic rings. The summed E-state index contributed by atoms with van der Waals surface area (Å²) in [7, 11) is 0. The van der Waals surface area contributed by atoms with Gasteiger partial charge < -0.3 is 25.5 Å². The number of phenols is 1. The standard InChI is InChI=1S/C20H23FN2O3.C9H7NO/c21-17-12-16(6-7-18(17)22-14-24)19(25)23-10-8-20(26,9-11-23)13-15-4-2-1-3-5-15;11-8-5-1-3-7-4-2-6-10-9(7)8/h1-7,12,22,24,26H,8-11,13-14H2;1-6,11H. The van der Waals surface area contributed by atoms with Crippen LogP contribution in [0.25, 0.3) is 10.9 Å². The van der Waals surface area contributed by atoms with Crippen LogP contribution in [0, 0.1) is 5.82 Å². The molecule has 0 radical (unpaired) electrons. The predicted molar refractivity (Wildman–Crippen MR) is 141 cm³/mol. The number of nitrogens with zero attached hydrogens (tertiary/aromatic N) is 2. The van der Waals surface area contributed by atoms with E-state index >= 15 is 0 Å². The number of halogens is 1. The van der Waals surface area contributed by atoms with E-state index in [9.17, 15) is 19.4 Å². The number of benzene rings is 3. The van der Waals surface area contributed by atoms with Gasteiger partial charge in [0.25, 0.3) is 5.91 Å². The van der Waals surface area contributed by atoms with Gasteiger partial charge in [0, 0.05) is 36.7 Å². The lowest BCUT2D eigenvalue weighted by Gasteiger charge is -2.38. The van der Waals surface area contributed by atoms with Crippen molar-refractivity contribution in [1.82, 2.24) is 9.88 Å². The molecule has 0 saturated carbocycles. The maximum absolute atomic E-state index is 13.9. The molecule has 1 fully saturated rings. The number of hydrogen-bond acceptors (Lipinski definition) is 6. The highest BCUT2D eigenvalue weighted by atomic mass is 19.1. The fraction of sp³-hybridized carbons (Fsp3) is 0.241. The molecule has 1 amide bonds. The summed E-state index contributed by atoms with van der Waals surface area (Å²) < 4.78 is 13.9. The van der Waals surface area contributed by atoms with Crippen LogP contribution < -0.4 is 5.32 Å². The minimum Gasteiger partial charge on any atom is -0.506 e. The summed E-state index contributed by atoms with van der Waals surface area (Å²) in [5.41, 5.74) is 1.33. The lowest BCUT2D eigenvalue weighted by atomic mass is 9.85. The minimum atomic E-state index is -0.821. The average Bonchev–Trinajstić information content (AvgIpc) is 2.91. The number of likely N-dealkylation sites (tertiary alicyclic amines) is 1. The van der Waals surface area contributed by atoms with Gasteiger partial charge in [-0.25, -0.2) is 4.39 Å². The van der Waals surface area contributed by atoms with Crippen LogP contribution in [-0.2, 0) is 6.42 Å². The van der Waals surface area contributed by atoms with E-state index in [1.54, 1.807) is 23.2 Å². The van der Waals surface area contributed by atoms with Gasteiger partial charge >= 0.3 is 0 Å². The number of phenolic OH excluding ortho intramolecular Hbond substituents is 1. The molecule has 7 nitrogen and oxygen atoms in total.